The Morgan fingerprint density at radius 3 is 2.44 bits per heavy atom. The quantitative estimate of drug-likeness (QED) is 0.755. The van der Waals surface area contributed by atoms with E-state index in [1.807, 2.05) is 30.3 Å². The maximum absolute atomic E-state index is 11.4. The highest BCUT2D eigenvalue weighted by Crippen LogP contribution is 2.34. The maximum atomic E-state index is 11.4. The Labute approximate surface area is 108 Å². The van der Waals surface area contributed by atoms with E-state index in [-0.39, 0.29) is 5.78 Å². The van der Waals surface area contributed by atoms with Crippen molar-refractivity contribution in [3.05, 3.63) is 41.5 Å². The molecule has 0 aromatic heterocycles. The molecular weight excluding hydrogens is 224 g/mol. The first-order chi connectivity index (χ1) is 8.54. The topological polar surface area (TPSA) is 26.3 Å². The zero-order valence-corrected chi connectivity index (χ0v) is 11.3. The molecule has 0 N–H and O–H groups in total. The number of hydrogen-bond donors (Lipinski definition) is 0. The van der Waals surface area contributed by atoms with Crippen LogP contribution in [-0.2, 0) is 0 Å². The number of Topliss-reactive ketones (excluding diaryl/α,β-unsaturated/α-hetero) is 1. The molecule has 0 unspecified atom stereocenters. The Bertz CT molecular complexity index is 597. The monoisotopic (exact) mass is 242 g/mol. The van der Waals surface area contributed by atoms with Gasteiger partial charge in [-0.05, 0) is 35.7 Å². The minimum Gasteiger partial charge on any atom is -0.496 e. The van der Waals surface area contributed by atoms with Gasteiger partial charge in [-0.15, -0.1) is 0 Å². The summed E-state index contributed by atoms with van der Waals surface area (Å²) in [5.41, 5.74) is 1.95. The fourth-order valence-corrected chi connectivity index (χ4v) is 2.33. The Morgan fingerprint density at radius 2 is 1.89 bits per heavy atom. The maximum Gasteiger partial charge on any atom is 0.159 e. The largest absolute Gasteiger partial charge is 0.496 e. The van der Waals surface area contributed by atoms with E-state index in [0.29, 0.717) is 5.92 Å². The Balaban J connectivity index is 2.74. The van der Waals surface area contributed by atoms with Gasteiger partial charge in [-0.1, -0.05) is 32.0 Å². The van der Waals surface area contributed by atoms with Gasteiger partial charge in [-0.25, -0.2) is 0 Å². The molecule has 0 saturated carbocycles. The molecule has 0 aliphatic heterocycles. The van der Waals surface area contributed by atoms with Crippen molar-refractivity contribution in [3.63, 3.8) is 0 Å². The van der Waals surface area contributed by atoms with Crippen LogP contribution in [0.25, 0.3) is 10.8 Å². The van der Waals surface area contributed by atoms with Crippen molar-refractivity contribution < 1.29 is 9.53 Å². The van der Waals surface area contributed by atoms with E-state index in [2.05, 4.69) is 13.8 Å². The number of ether oxygens (including phenoxy) is 1. The van der Waals surface area contributed by atoms with Crippen LogP contribution in [0.4, 0.5) is 0 Å². The van der Waals surface area contributed by atoms with Gasteiger partial charge in [-0.3, -0.25) is 4.79 Å². The molecule has 0 radical (unpaired) electrons. The summed E-state index contributed by atoms with van der Waals surface area (Å²) in [7, 11) is 1.69. The molecule has 0 saturated heterocycles. The third-order valence-corrected chi connectivity index (χ3v) is 3.23. The first-order valence-electron chi connectivity index (χ1n) is 6.16. The number of carbonyl (C=O) groups is 1. The van der Waals surface area contributed by atoms with Crippen LogP contribution in [-0.4, -0.2) is 12.9 Å². The molecule has 0 aliphatic carbocycles. The van der Waals surface area contributed by atoms with Crippen LogP contribution >= 0.6 is 0 Å². The van der Waals surface area contributed by atoms with E-state index in [0.717, 1.165) is 22.1 Å². The molecule has 2 aromatic rings. The fraction of sp³-hybridized carbons (Fsp3) is 0.312. The van der Waals surface area contributed by atoms with E-state index in [9.17, 15) is 4.79 Å². The fourth-order valence-electron chi connectivity index (χ4n) is 2.33. The number of ketones is 1. The number of hydrogen-bond acceptors (Lipinski definition) is 2. The molecule has 0 fully saturated rings. The molecular formula is C16H18O2. The summed E-state index contributed by atoms with van der Waals surface area (Å²) < 4.78 is 5.43. The molecule has 2 nitrogen and oxygen atoms in total. The van der Waals surface area contributed by atoms with E-state index < -0.39 is 0 Å². The zero-order chi connectivity index (χ0) is 13.3. The van der Waals surface area contributed by atoms with Crippen LogP contribution in [0.15, 0.2) is 30.3 Å². The summed E-state index contributed by atoms with van der Waals surface area (Å²) >= 11 is 0. The van der Waals surface area contributed by atoms with Gasteiger partial charge >= 0.3 is 0 Å². The van der Waals surface area contributed by atoms with Crippen molar-refractivity contribution in [1.82, 2.24) is 0 Å². The highest BCUT2D eigenvalue weighted by atomic mass is 16.5. The number of fused-ring (bicyclic) bond motifs is 1. The third kappa shape index (κ3) is 2.10. The highest BCUT2D eigenvalue weighted by molar-refractivity contribution is 5.99. The molecule has 2 heteroatoms. The van der Waals surface area contributed by atoms with Crippen molar-refractivity contribution in [3.8, 4) is 5.75 Å². The van der Waals surface area contributed by atoms with Gasteiger partial charge in [0.1, 0.15) is 5.75 Å². The Hall–Kier alpha value is -1.83. The summed E-state index contributed by atoms with van der Waals surface area (Å²) in [6.45, 7) is 5.89. The van der Waals surface area contributed by atoms with Gasteiger partial charge < -0.3 is 4.74 Å². The Kier molecular flexibility index (Phi) is 3.37. The lowest BCUT2D eigenvalue weighted by Crippen LogP contribution is -1.97. The molecule has 0 heterocycles. The number of rotatable bonds is 3. The standard InChI is InChI=1S/C16H18O2/c1-10(2)16-14-7-5-12(11(3)17)9-13(14)6-8-15(16)18-4/h5-10H,1-4H3. The summed E-state index contributed by atoms with van der Waals surface area (Å²) in [6, 6.07) is 9.83. The van der Waals surface area contributed by atoms with Crippen molar-refractivity contribution in [2.45, 2.75) is 26.7 Å². The molecule has 0 bridgehead atoms. The van der Waals surface area contributed by atoms with Crippen LogP contribution < -0.4 is 4.74 Å². The number of benzene rings is 2. The predicted molar refractivity (Wildman–Crippen MR) is 74.6 cm³/mol. The lowest BCUT2D eigenvalue weighted by Gasteiger charge is -2.15. The highest BCUT2D eigenvalue weighted by Gasteiger charge is 2.12. The lowest BCUT2D eigenvalue weighted by atomic mass is 9.93. The van der Waals surface area contributed by atoms with Gasteiger partial charge in [0.2, 0.25) is 0 Å². The average Bonchev–Trinajstić information content (AvgIpc) is 2.36. The minimum absolute atomic E-state index is 0.0961. The molecule has 2 rings (SSSR count). The van der Waals surface area contributed by atoms with Crippen molar-refractivity contribution in [2.75, 3.05) is 7.11 Å². The number of methoxy groups -OCH3 is 1. The van der Waals surface area contributed by atoms with Crippen LogP contribution in [0.1, 0.15) is 42.6 Å². The molecule has 0 atom stereocenters. The van der Waals surface area contributed by atoms with Crippen molar-refractivity contribution in [2.24, 2.45) is 0 Å². The van der Waals surface area contributed by atoms with E-state index in [1.54, 1.807) is 14.0 Å². The third-order valence-electron chi connectivity index (χ3n) is 3.23. The Morgan fingerprint density at radius 1 is 1.17 bits per heavy atom. The predicted octanol–water partition coefficient (Wildman–Crippen LogP) is 4.17. The molecule has 0 aliphatic rings. The normalized spacial score (nSPS) is 10.9. The second-order valence-electron chi connectivity index (χ2n) is 4.83. The second-order valence-corrected chi connectivity index (χ2v) is 4.83. The van der Waals surface area contributed by atoms with E-state index in [4.69, 9.17) is 4.74 Å². The summed E-state index contributed by atoms with van der Waals surface area (Å²) in [5.74, 6) is 1.39. The zero-order valence-electron chi connectivity index (χ0n) is 11.3. The molecule has 18 heavy (non-hydrogen) atoms. The smallest absolute Gasteiger partial charge is 0.159 e. The minimum atomic E-state index is 0.0961. The molecule has 0 amide bonds. The second kappa shape index (κ2) is 4.81. The molecule has 94 valence electrons. The first kappa shape index (κ1) is 12.6. The van der Waals surface area contributed by atoms with Gasteiger partial charge in [0.05, 0.1) is 7.11 Å². The van der Waals surface area contributed by atoms with Gasteiger partial charge in [0.25, 0.3) is 0 Å². The first-order valence-corrected chi connectivity index (χ1v) is 6.16. The van der Waals surface area contributed by atoms with Crippen LogP contribution in [0.5, 0.6) is 5.75 Å². The van der Waals surface area contributed by atoms with E-state index >= 15 is 0 Å². The van der Waals surface area contributed by atoms with Gasteiger partial charge in [0, 0.05) is 11.1 Å². The van der Waals surface area contributed by atoms with Crippen LogP contribution in [0, 0.1) is 0 Å². The SMILES string of the molecule is COc1ccc2cc(C(C)=O)ccc2c1C(C)C. The van der Waals surface area contributed by atoms with E-state index in [1.165, 1.54) is 5.56 Å². The summed E-state index contributed by atoms with van der Waals surface area (Å²) in [4.78, 5) is 11.4. The number of carbonyl (C=O) groups excluding carboxylic acids is 1. The van der Waals surface area contributed by atoms with Crippen molar-refractivity contribution >= 4 is 16.6 Å². The van der Waals surface area contributed by atoms with Crippen molar-refractivity contribution in [1.29, 1.82) is 0 Å². The lowest BCUT2D eigenvalue weighted by molar-refractivity contribution is 0.101. The van der Waals surface area contributed by atoms with Crippen LogP contribution in [0.2, 0.25) is 0 Å². The summed E-state index contributed by atoms with van der Waals surface area (Å²) in [6.07, 6.45) is 0. The molecule has 0 spiro atoms. The average molecular weight is 242 g/mol. The molecule has 2 aromatic carbocycles. The van der Waals surface area contributed by atoms with Gasteiger partial charge in [0.15, 0.2) is 5.78 Å². The van der Waals surface area contributed by atoms with Gasteiger partial charge in [-0.2, -0.15) is 0 Å². The van der Waals surface area contributed by atoms with Crippen LogP contribution in [0.3, 0.4) is 0 Å². The summed E-state index contributed by atoms with van der Waals surface area (Å²) in [5, 5.41) is 2.25.